The van der Waals surface area contributed by atoms with Gasteiger partial charge in [0.1, 0.15) is 17.9 Å². The van der Waals surface area contributed by atoms with E-state index in [4.69, 9.17) is 4.74 Å². The molecular weight excluding hydrogens is 424 g/mol. The molecule has 2 amide bonds. The topological polar surface area (TPSA) is 113 Å². The van der Waals surface area contributed by atoms with Gasteiger partial charge >= 0.3 is 12.1 Å². The minimum atomic E-state index is -1.07. The summed E-state index contributed by atoms with van der Waals surface area (Å²) in [5.74, 6) is 1.04. The zero-order chi connectivity index (χ0) is 22.8. The van der Waals surface area contributed by atoms with E-state index in [1.54, 1.807) is 30.3 Å². The summed E-state index contributed by atoms with van der Waals surface area (Å²) in [6.07, 6.45) is 7.37. The van der Waals surface area contributed by atoms with E-state index in [9.17, 15) is 14.7 Å². The van der Waals surface area contributed by atoms with Crippen molar-refractivity contribution in [3.8, 4) is 11.6 Å². The predicted octanol–water partition coefficient (Wildman–Crippen LogP) is 4.19. The monoisotopic (exact) mass is 450 g/mol. The van der Waals surface area contributed by atoms with Crippen LogP contribution in [0.4, 0.5) is 15.4 Å². The fraction of sp³-hybridized carbons (Fsp3) is 0.391. The Balaban J connectivity index is 1.30. The molecule has 1 atom stereocenters. The van der Waals surface area contributed by atoms with Crippen LogP contribution in [0, 0.1) is 0 Å². The second-order valence-corrected chi connectivity index (χ2v) is 8.38. The lowest BCUT2D eigenvalue weighted by Crippen LogP contribution is -2.53. The molecule has 2 saturated heterocycles. The van der Waals surface area contributed by atoms with E-state index in [-0.39, 0.29) is 18.1 Å². The lowest BCUT2D eigenvalue weighted by Gasteiger charge is -2.40. The molecule has 2 aliphatic heterocycles. The summed E-state index contributed by atoms with van der Waals surface area (Å²) < 4.78 is 6.96. The Hall–Kier alpha value is -3.66. The summed E-state index contributed by atoms with van der Waals surface area (Å²) in [7, 11) is 0. The molecule has 2 fully saturated rings. The molecular formula is C23H26N6O4. The Morgan fingerprint density at radius 1 is 1.03 bits per heavy atom. The van der Waals surface area contributed by atoms with E-state index in [0.717, 1.165) is 48.9 Å². The van der Waals surface area contributed by atoms with Crippen molar-refractivity contribution in [3.63, 3.8) is 0 Å². The van der Waals surface area contributed by atoms with Crippen molar-refractivity contribution in [1.29, 1.82) is 0 Å². The lowest BCUT2D eigenvalue weighted by atomic mass is 10.1. The number of nitrogens with zero attached hydrogens (tertiary/aromatic N) is 5. The second-order valence-electron chi connectivity index (χ2n) is 8.38. The van der Waals surface area contributed by atoms with Crippen molar-refractivity contribution in [2.45, 2.75) is 38.3 Å². The van der Waals surface area contributed by atoms with Gasteiger partial charge < -0.3 is 14.7 Å². The smallest absolute Gasteiger partial charge is 0.416 e. The Labute approximate surface area is 190 Å². The van der Waals surface area contributed by atoms with Crippen molar-refractivity contribution < 1.29 is 19.4 Å². The summed E-state index contributed by atoms with van der Waals surface area (Å²) in [4.78, 5) is 37.0. The van der Waals surface area contributed by atoms with Gasteiger partial charge in [-0.15, -0.1) is 0 Å². The molecule has 1 aromatic carbocycles. The number of urea groups is 1. The molecule has 10 nitrogen and oxygen atoms in total. The van der Waals surface area contributed by atoms with Crippen molar-refractivity contribution >= 4 is 28.8 Å². The number of hydrogen-bond donors (Lipinski definition) is 2. The molecule has 33 heavy (non-hydrogen) atoms. The molecule has 0 saturated carbocycles. The van der Waals surface area contributed by atoms with Gasteiger partial charge in [-0.25, -0.2) is 19.6 Å². The third kappa shape index (κ3) is 4.47. The zero-order valence-corrected chi connectivity index (χ0v) is 18.2. The second kappa shape index (κ2) is 9.07. The first-order valence-corrected chi connectivity index (χ1v) is 11.2. The normalized spacial score (nSPS) is 19.0. The number of anilines is 1. The van der Waals surface area contributed by atoms with Crippen LogP contribution in [-0.2, 0) is 0 Å². The maximum Gasteiger partial charge on any atom is 0.416 e. The molecule has 172 valence electrons. The van der Waals surface area contributed by atoms with Gasteiger partial charge in [0.15, 0.2) is 0 Å². The van der Waals surface area contributed by atoms with E-state index in [1.165, 1.54) is 25.4 Å². The molecule has 2 N–H and O–H groups in total. The SMILES string of the molecule is O=C(Nc1cc(Oc2ccc3ccn(C(=O)O)c3c2)ncn1)N1CCCCC1N1CCCC1. The maximum atomic E-state index is 13.1. The number of carboxylic acid groups (broad SMARTS) is 1. The Morgan fingerprint density at radius 2 is 1.85 bits per heavy atom. The lowest BCUT2D eigenvalue weighted by molar-refractivity contribution is 0.0598. The average molecular weight is 450 g/mol. The van der Waals surface area contributed by atoms with Gasteiger partial charge in [0, 0.05) is 43.4 Å². The van der Waals surface area contributed by atoms with E-state index >= 15 is 0 Å². The summed E-state index contributed by atoms with van der Waals surface area (Å²) in [5, 5.41) is 13.0. The summed E-state index contributed by atoms with van der Waals surface area (Å²) >= 11 is 0. The van der Waals surface area contributed by atoms with Crippen LogP contribution in [0.2, 0.25) is 0 Å². The maximum absolute atomic E-state index is 13.1. The van der Waals surface area contributed by atoms with Gasteiger partial charge in [-0.05, 0) is 50.3 Å². The number of carbonyl (C=O) groups is 2. The van der Waals surface area contributed by atoms with E-state index in [2.05, 4.69) is 20.2 Å². The Morgan fingerprint density at radius 3 is 2.67 bits per heavy atom. The van der Waals surface area contributed by atoms with Crippen LogP contribution in [0.25, 0.3) is 10.9 Å². The number of aromatic nitrogens is 3. The van der Waals surface area contributed by atoms with E-state index in [0.29, 0.717) is 17.1 Å². The highest BCUT2D eigenvalue weighted by atomic mass is 16.5. The molecule has 0 spiro atoms. The third-order valence-corrected chi connectivity index (χ3v) is 6.26. The van der Waals surface area contributed by atoms with Crippen LogP contribution in [0.1, 0.15) is 32.1 Å². The molecule has 3 aromatic rings. The highest BCUT2D eigenvalue weighted by molar-refractivity contribution is 5.90. The minimum Gasteiger partial charge on any atom is -0.464 e. The number of piperidine rings is 1. The molecule has 2 aliphatic rings. The minimum absolute atomic E-state index is 0.135. The van der Waals surface area contributed by atoms with Crippen LogP contribution in [0.3, 0.4) is 0 Å². The van der Waals surface area contributed by atoms with Crippen molar-refractivity contribution in [2.24, 2.45) is 0 Å². The molecule has 10 heteroatoms. The van der Waals surface area contributed by atoms with E-state index < -0.39 is 6.09 Å². The van der Waals surface area contributed by atoms with Crippen LogP contribution < -0.4 is 10.1 Å². The first kappa shape index (κ1) is 21.2. The first-order valence-electron chi connectivity index (χ1n) is 11.2. The number of benzene rings is 1. The molecule has 4 heterocycles. The number of carbonyl (C=O) groups excluding carboxylic acids is 1. The molecule has 1 unspecified atom stereocenters. The number of likely N-dealkylation sites (tertiary alicyclic amines) is 2. The van der Waals surface area contributed by atoms with Crippen LogP contribution in [-0.4, -0.2) is 67.4 Å². The summed E-state index contributed by atoms with van der Waals surface area (Å²) in [6.45, 7) is 2.80. The van der Waals surface area contributed by atoms with Gasteiger partial charge in [0.2, 0.25) is 5.88 Å². The van der Waals surface area contributed by atoms with Crippen molar-refractivity contribution in [1.82, 2.24) is 24.3 Å². The number of ether oxygens (including phenoxy) is 1. The van der Waals surface area contributed by atoms with Crippen molar-refractivity contribution in [2.75, 3.05) is 25.0 Å². The van der Waals surface area contributed by atoms with Gasteiger partial charge in [-0.1, -0.05) is 0 Å². The first-order chi connectivity index (χ1) is 16.1. The quantitative estimate of drug-likeness (QED) is 0.613. The molecule has 0 bridgehead atoms. The highest BCUT2D eigenvalue weighted by Gasteiger charge is 2.32. The Bertz CT molecular complexity index is 1170. The summed E-state index contributed by atoms with van der Waals surface area (Å²) in [5.41, 5.74) is 0.514. The summed E-state index contributed by atoms with van der Waals surface area (Å²) in [6, 6.07) is 8.27. The number of nitrogens with one attached hydrogen (secondary N) is 1. The number of hydrogen-bond acceptors (Lipinski definition) is 6. The van der Waals surface area contributed by atoms with Crippen molar-refractivity contribution in [3.05, 3.63) is 42.9 Å². The predicted molar refractivity (Wildman–Crippen MR) is 122 cm³/mol. The zero-order valence-electron chi connectivity index (χ0n) is 18.2. The van der Waals surface area contributed by atoms with Gasteiger partial charge in [0.25, 0.3) is 0 Å². The van der Waals surface area contributed by atoms with Gasteiger partial charge in [0.05, 0.1) is 11.7 Å². The number of rotatable bonds is 4. The highest BCUT2D eigenvalue weighted by Crippen LogP contribution is 2.27. The van der Waals surface area contributed by atoms with Crippen LogP contribution >= 0.6 is 0 Å². The van der Waals surface area contributed by atoms with Gasteiger partial charge in [-0.3, -0.25) is 14.8 Å². The third-order valence-electron chi connectivity index (χ3n) is 6.26. The average Bonchev–Trinajstić information content (AvgIpc) is 3.49. The largest absolute Gasteiger partial charge is 0.464 e. The van der Waals surface area contributed by atoms with E-state index in [1.807, 2.05) is 4.90 Å². The fourth-order valence-corrected chi connectivity index (χ4v) is 4.67. The van der Waals surface area contributed by atoms with Crippen LogP contribution in [0.15, 0.2) is 42.9 Å². The molecule has 0 aliphatic carbocycles. The Kier molecular flexibility index (Phi) is 5.82. The number of amides is 2. The molecule has 0 radical (unpaired) electrons. The van der Waals surface area contributed by atoms with Crippen LogP contribution in [0.5, 0.6) is 11.6 Å². The number of fused-ring (bicyclic) bond motifs is 1. The fourth-order valence-electron chi connectivity index (χ4n) is 4.67. The molecule has 5 rings (SSSR count). The molecule has 2 aromatic heterocycles. The standard InChI is InChI=1S/C23H26N6O4/c30-22(29-11-2-1-5-21(29)27-9-3-4-10-27)26-19-14-20(25-15-24-19)33-17-7-6-16-8-12-28(23(31)32)18(16)13-17/h6-8,12-15,21H,1-5,9-11H2,(H,31,32)(H,24,25,26,30). The van der Waals surface area contributed by atoms with Gasteiger partial charge in [-0.2, -0.15) is 0 Å².